The van der Waals surface area contributed by atoms with Crippen molar-refractivity contribution in [1.82, 2.24) is 0 Å². The van der Waals surface area contributed by atoms with Gasteiger partial charge in [0.05, 0.1) is 21.9 Å². The first-order chi connectivity index (χ1) is 9.27. The molecule has 1 aromatic rings. The van der Waals surface area contributed by atoms with Crippen molar-refractivity contribution in [3.8, 4) is 0 Å². The van der Waals surface area contributed by atoms with E-state index in [1.807, 2.05) is 0 Å². The van der Waals surface area contributed by atoms with Crippen LogP contribution in [0.1, 0.15) is 25.8 Å². The number of anilines is 1. The van der Waals surface area contributed by atoms with Crippen LogP contribution in [0.5, 0.6) is 0 Å². The van der Waals surface area contributed by atoms with E-state index in [2.05, 4.69) is 21.2 Å². The Balaban J connectivity index is 3.30. The summed E-state index contributed by atoms with van der Waals surface area (Å²) in [6.07, 6.45) is 0.262. The van der Waals surface area contributed by atoms with E-state index in [9.17, 15) is 14.9 Å². The maximum atomic E-state index is 11.3. The van der Waals surface area contributed by atoms with Crippen molar-refractivity contribution in [3.63, 3.8) is 0 Å². The fourth-order valence-corrected chi connectivity index (χ4v) is 2.88. The lowest BCUT2D eigenvalue weighted by Crippen LogP contribution is -2.20. The zero-order valence-electron chi connectivity index (χ0n) is 10.9. The largest absolute Gasteiger partial charge is 0.481 e. The van der Waals surface area contributed by atoms with E-state index >= 15 is 0 Å². The van der Waals surface area contributed by atoms with Gasteiger partial charge in [0.25, 0.3) is 5.69 Å². The Morgan fingerprint density at radius 3 is 2.70 bits per heavy atom. The summed E-state index contributed by atoms with van der Waals surface area (Å²) in [6, 6.07) is 1.12. The second-order valence-electron chi connectivity index (χ2n) is 4.30. The number of nitro groups is 1. The van der Waals surface area contributed by atoms with Gasteiger partial charge in [0.15, 0.2) is 0 Å². The van der Waals surface area contributed by atoms with Crippen LogP contribution < -0.4 is 5.32 Å². The molecule has 0 saturated heterocycles. The summed E-state index contributed by atoms with van der Waals surface area (Å²) in [5.74, 6) is -0.978. The predicted molar refractivity (Wildman–Crippen MR) is 80.5 cm³/mol. The molecular formula is C12H14BrClN2O4. The smallest absolute Gasteiger partial charge is 0.305 e. The number of nitro benzene ring substituents is 1. The lowest BCUT2D eigenvalue weighted by atomic mass is 10.1. The minimum Gasteiger partial charge on any atom is -0.481 e. The highest BCUT2D eigenvalue weighted by Crippen LogP contribution is 2.40. The second-order valence-corrected chi connectivity index (χ2v) is 5.56. The van der Waals surface area contributed by atoms with E-state index in [1.165, 1.54) is 0 Å². The SMILES string of the molecule is CCc1c(Cl)cc(Br)c(N[C@H](C)CC(=O)O)c1[N+](=O)[O-]. The van der Waals surface area contributed by atoms with Crippen molar-refractivity contribution in [2.45, 2.75) is 32.7 Å². The monoisotopic (exact) mass is 364 g/mol. The van der Waals surface area contributed by atoms with Gasteiger partial charge < -0.3 is 10.4 Å². The van der Waals surface area contributed by atoms with Crippen LogP contribution in [-0.4, -0.2) is 22.0 Å². The van der Waals surface area contributed by atoms with E-state index in [4.69, 9.17) is 16.7 Å². The number of hydrogen-bond acceptors (Lipinski definition) is 4. The summed E-state index contributed by atoms with van der Waals surface area (Å²) in [5, 5.41) is 23.2. The van der Waals surface area contributed by atoms with Crippen LogP contribution in [0, 0.1) is 10.1 Å². The van der Waals surface area contributed by atoms with Crippen molar-refractivity contribution in [2.75, 3.05) is 5.32 Å². The Kier molecular flexibility index (Phi) is 5.76. The van der Waals surface area contributed by atoms with Crippen molar-refractivity contribution >= 4 is 44.9 Å². The molecule has 0 bridgehead atoms. The fraction of sp³-hybridized carbons (Fsp3) is 0.417. The van der Waals surface area contributed by atoms with Gasteiger partial charge in [0.1, 0.15) is 5.69 Å². The summed E-state index contributed by atoms with van der Waals surface area (Å²) in [4.78, 5) is 21.4. The van der Waals surface area contributed by atoms with E-state index in [-0.39, 0.29) is 17.8 Å². The summed E-state index contributed by atoms with van der Waals surface area (Å²) in [6.45, 7) is 3.41. The van der Waals surface area contributed by atoms with Gasteiger partial charge in [0, 0.05) is 10.5 Å². The molecule has 0 heterocycles. The predicted octanol–water partition coefficient (Wildman–Crippen LogP) is 3.85. The van der Waals surface area contributed by atoms with Gasteiger partial charge in [-0.2, -0.15) is 0 Å². The van der Waals surface area contributed by atoms with Crippen LogP contribution in [0.25, 0.3) is 0 Å². The van der Waals surface area contributed by atoms with Gasteiger partial charge in [-0.25, -0.2) is 0 Å². The van der Waals surface area contributed by atoms with E-state index in [0.29, 0.717) is 21.5 Å². The van der Waals surface area contributed by atoms with Gasteiger partial charge in [-0.15, -0.1) is 0 Å². The van der Waals surface area contributed by atoms with Gasteiger partial charge in [0.2, 0.25) is 0 Å². The Hall–Kier alpha value is -1.34. The highest BCUT2D eigenvalue weighted by atomic mass is 79.9. The third kappa shape index (κ3) is 3.83. The number of hydrogen-bond donors (Lipinski definition) is 2. The minimum absolute atomic E-state index is 0.121. The zero-order chi connectivity index (χ0) is 15.4. The molecule has 0 fully saturated rings. The molecule has 1 rings (SSSR count). The number of benzene rings is 1. The van der Waals surface area contributed by atoms with Crippen LogP contribution in [-0.2, 0) is 11.2 Å². The lowest BCUT2D eigenvalue weighted by Gasteiger charge is -2.17. The van der Waals surface area contributed by atoms with E-state index < -0.39 is 16.9 Å². The Morgan fingerprint density at radius 1 is 1.65 bits per heavy atom. The maximum absolute atomic E-state index is 11.3. The van der Waals surface area contributed by atoms with Gasteiger partial charge in [-0.05, 0) is 35.3 Å². The van der Waals surface area contributed by atoms with Crippen LogP contribution in [0.4, 0.5) is 11.4 Å². The molecule has 0 aliphatic carbocycles. The van der Waals surface area contributed by atoms with Crippen LogP contribution in [0.15, 0.2) is 10.5 Å². The third-order valence-electron chi connectivity index (χ3n) is 2.71. The van der Waals surface area contributed by atoms with Crippen LogP contribution in [0.3, 0.4) is 0 Å². The normalized spacial score (nSPS) is 12.0. The van der Waals surface area contributed by atoms with Gasteiger partial charge >= 0.3 is 5.97 Å². The number of rotatable bonds is 6. The molecule has 0 saturated carbocycles. The first kappa shape index (κ1) is 16.7. The average Bonchev–Trinajstić information content (AvgIpc) is 2.30. The molecule has 0 amide bonds. The average molecular weight is 366 g/mol. The first-order valence-corrected chi connectivity index (χ1v) is 7.08. The highest BCUT2D eigenvalue weighted by Gasteiger charge is 2.25. The molecule has 1 aromatic carbocycles. The molecule has 20 heavy (non-hydrogen) atoms. The molecule has 6 nitrogen and oxygen atoms in total. The molecule has 0 radical (unpaired) electrons. The zero-order valence-corrected chi connectivity index (χ0v) is 13.3. The molecule has 0 aliphatic heterocycles. The molecule has 8 heteroatoms. The fourth-order valence-electron chi connectivity index (χ4n) is 1.88. The number of carboxylic acid groups (broad SMARTS) is 1. The second kappa shape index (κ2) is 6.90. The molecular weight excluding hydrogens is 351 g/mol. The Bertz CT molecular complexity index is 551. The molecule has 0 unspecified atom stereocenters. The third-order valence-corrected chi connectivity index (χ3v) is 3.67. The number of carbonyl (C=O) groups is 1. The van der Waals surface area contributed by atoms with Gasteiger partial charge in [-0.1, -0.05) is 18.5 Å². The number of aliphatic carboxylic acids is 1. The van der Waals surface area contributed by atoms with Crippen molar-refractivity contribution < 1.29 is 14.8 Å². The Morgan fingerprint density at radius 2 is 2.25 bits per heavy atom. The van der Waals surface area contributed by atoms with Crippen molar-refractivity contribution in [1.29, 1.82) is 0 Å². The van der Waals surface area contributed by atoms with Crippen LogP contribution in [0.2, 0.25) is 5.02 Å². The highest BCUT2D eigenvalue weighted by molar-refractivity contribution is 9.10. The maximum Gasteiger partial charge on any atom is 0.305 e. The van der Waals surface area contributed by atoms with Crippen LogP contribution >= 0.6 is 27.5 Å². The minimum atomic E-state index is -0.978. The van der Waals surface area contributed by atoms with E-state index in [0.717, 1.165) is 0 Å². The molecule has 2 N–H and O–H groups in total. The number of nitrogens with zero attached hydrogens (tertiary/aromatic N) is 1. The molecule has 0 spiro atoms. The first-order valence-electron chi connectivity index (χ1n) is 5.91. The number of carboxylic acids is 1. The molecule has 110 valence electrons. The summed E-state index contributed by atoms with van der Waals surface area (Å²) in [5.41, 5.74) is 0.555. The molecule has 1 atom stereocenters. The topological polar surface area (TPSA) is 92.5 Å². The summed E-state index contributed by atoms with van der Waals surface area (Å²) in [7, 11) is 0. The summed E-state index contributed by atoms with van der Waals surface area (Å²) >= 11 is 9.24. The summed E-state index contributed by atoms with van der Waals surface area (Å²) < 4.78 is 0.434. The Labute approximate surface area is 129 Å². The number of nitrogens with one attached hydrogen (secondary N) is 1. The molecule has 0 aromatic heterocycles. The van der Waals surface area contributed by atoms with E-state index in [1.54, 1.807) is 19.9 Å². The lowest BCUT2D eigenvalue weighted by molar-refractivity contribution is -0.384. The van der Waals surface area contributed by atoms with Crippen molar-refractivity contribution in [3.05, 3.63) is 31.2 Å². The standard InChI is InChI=1S/C12H14BrClN2O4/c1-3-7-9(14)5-8(13)11(12(7)16(19)20)15-6(2)4-10(17)18/h5-6,15H,3-4H2,1-2H3,(H,17,18)/t6-/m1/s1. The van der Waals surface area contributed by atoms with Gasteiger partial charge in [-0.3, -0.25) is 14.9 Å². The number of halogens is 2. The molecule has 0 aliphatic rings. The van der Waals surface area contributed by atoms with Crippen molar-refractivity contribution in [2.24, 2.45) is 0 Å². The quantitative estimate of drug-likeness (QED) is 0.590.